The molecule has 0 heterocycles. The molecule has 0 bridgehead atoms. The van der Waals surface area contributed by atoms with E-state index in [4.69, 9.17) is 5.73 Å². The fourth-order valence-corrected chi connectivity index (χ4v) is 2.90. The van der Waals surface area contributed by atoms with Gasteiger partial charge in [0.15, 0.2) is 0 Å². The Morgan fingerprint density at radius 1 is 1.26 bits per heavy atom. The van der Waals surface area contributed by atoms with Gasteiger partial charge >= 0.3 is 0 Å². The maximum Gasteiger partial charge on any atom is 0.251 e. The third-order valence-corrected chi connectivity index (χ3v) is 4.11. The zero-order valence-corrected chi connectivity index (χ0v) is 11.7. The predicted octanol–water partition coefficient (Wildman–Crippen LogP) is 3.36. The van der Waals surface area contributed by atoms with Crippen LogP contribution >= 0.6 is 0 Å². The number of hydrogen-bond donors (Lipinski definition) is 2. The summed E-state index contributed by atoms with van der Waals surface area (Å²) in [6.45, 7) is 2.13. The number of carbonyl (C=O) groups is 1. The number of anilines is 1. The van der Waals surface area contributed by atoms with Crippen LogP contribution in [0.15, 0.2) is 24.3 Å². The minimum Gasteiger partial charge on any atom is -0.399 e. The van der Waals surface area contributed by atoms with Crippen molar-refractivity contribution in [2.45, 2.75) is 51.5 Å². The molecule has 1 fully saturated rings. The Labute approximate surface area is 115 Å². The highest BCUT2D eigenvalue weighted by molar-refractivity contribution is 5.95. The van der Waals surface area contributed by atoms with Gasteiger partial charge in [-0.25, -0.2) is 0 Å². The second-order valence-corrected chi connectivity index (χ2v) is 5.64. The van der Waals surface area contributed by atoms with Crippen molar-refractivity contribution in [2.75, 3.05) is 5.73 Å². The van der Waals surface area contributed by atoms with Crippen molar-refractivity contribution in [1.29, 1.82) is 0 Å². The lowest BCUT2D eigenvalue weighted by molar-refractivity contribution is 0.0924. The summed E-state index contributed by atoms with van der Waals surface area (Å²) in [6, 6.07) is 7.40. The van der Waals surface area contributed by atoms with E-state index in [1.165, 1.54) is 38.5 Å². The first-order valence-electron chi connectivity index (χ1n) is 7.33. The largest absolute Gasteiger partial charge is 0.399 e. The molecule has 0 saturated heterocycles. The van der Waals surface area contributed by atoms with Gasteiger partial charge in [-0.1, -0.05) is 31.7 Å². The average Bonchev–Trinajstić information content (AvgIpc) is 2.67. The minimum absolute atomic E-state index is 0.0101. The normalized spacial score (nSPS) is 18.6. The monoisotopic (exact) mass is 260 g/mol. The van der Waals surface area contributed by atoms with Gasteiger partial charge in [0.25, 0.3) is 5.91 Å². The molecule has 19 heavy (non-hydrogen) atoms. The summed E-state index contributed by atoms with van der Waals surface area (Å²) in [7, 11) is 0. The lowest BCUT2D eigenvalue weighted by atomic mass is 9.93. The SMILES string of the molecule is C[C@@H](NC(=O)c1cccc(N)c1)C1CCCCCC1. The molecule has 3 N–H and O–H groups in total. The number of amides is 1. The van der Waals surface area contributed by atoms with Crippen LogP contribution in [0.3, 0.4) is 0 Å². The van der Waals surface area contributed by atoms with Crippen LogP contribution in [0.2, 0.25) is 0 Å². The Morgan fingerprint density at radius 3 is 2.58 bits per heavy atom. The van der Waals surface area contributed by atoms with Crippen molar-refractivity contribution in [3.8, 4) is 0 Å². The number of benzene rings is 1. The molecule has 1 saturated carbocycles. The molecule has 1 atom stereocenters. The van der Waals surface area contributed by atoms with Gasteiger partial charge in [-0.05, 0) is 43.9 Å². The molecule has 1 aliphatic carbocycles. The molecule has 0 unspecified atom stereocenters. The van der Waals surface area contributed by atoms with Gasteiger partial charge in [0.05, 0.1) is 0 Å². The molecule has 104 valence electrons. The number of nitrogens with one attached hydrogen (secondary N) is 1. The maximum atomic E-state index is 12.2. The average molecular weight is 260 g/mol. The lowest BCUT2D eigenvalue weighted by Gasteiger charge is -2.23. The molecule has 3 heteroatoms. The van der Waals surface area contributed by atoms with Crippen molar-refractivity contribution in [2.24, 2.45) is 5.92 Å². The first-order valence-corrected chi connectivity index (χ1v) is 7.33. The summed E-state index contributed by atoms with van der Waals surface area (Å²) in [5.41, 5.74) is 7.00. The van der Waals surface area contributed by atoms with E-state index in [2.05, 4.69) is 12.2 Å². The Bertz CT molecular complexity index is 423. The molecule has 1 aliphatic rings. The summed E-state index contributed by atoms with van der Waals surface area (Å²) in [5.74, 6) is 0.608. The van der Waals surface area contributed by atoms with E-state index in [1.54, 1.807) is 12.1 Å². The highest BCUT2D eigenvalue weighted by atomic mass is 16.1. The molecule has 0 aliphatic heterocycles. The second-order valence-electron chi connectivity index (χ2n) is 5.64. The van der Waals surface area contributed by atoms with E-state index < -0.39 is 0 Å². The van der Waals surface area contributed by atoms with E-state index in [-0.39, 0.29) is 11.9 Å². The highest BCUT2D eigenvalue weighted by Gasteiger charge is 2.20. The molecular formula is C16H24N2O. The fraction of sp³-hybridized carbons (Fsp3) is 0.562. The van der Waals surface area contributed by atoms with Gasteiger partial charge < -0.3 is 11.1 Å². The Kier molecular flexibility index (Phi) is 4.83. The summed E-state index contributed by atoms with van der Waals surface area (Å²) in [6.07, 6.45) is 7.74. The molecule has 0 spiro atoms. The smallest absolute Gasteiger partial charge is 0.251 e. The topological polar surface area (TPSA) is 55.1 Å². The third-order valence-electron chi connectivity index (χ3n) is 4.11. The zero-order chi connectivity index (χ0) is 13.7. The van der Waals surface area contributed by atoms with Crippen molar-refractivity contribution in [3.63, 3.8) is 0 Å². The van der Waals surface area contributed by atoms with Crippen LogP contribution < -0.4 is 11.1 Å². The summed E-state index contributed by atoms with van der Waals surface area (Å²) >= 11 is 0. The van der Waals surface area contributed by atoms with Crippen LogP contribution in [0.1, 0.15) is 55.8 Å². The van der Waals surface area contributed by atoms with Crippen LogP contribution in [0.5, 0.6) is 0 Å². The minimum atomic E-state index is -0.0101. The zero-order valence-electron chi connectivity index (χ0n) is 11.7. The standard InChI is InChI=1S/C16H24N2O/c1-12(13-7-4-2-3-5-8-13)18-16(19)14-9-6-10-15(17)11-14/h6,9-13H,2-5,7-8,17H2,1H3,(H,18,19)/t12-/m1/s1. The highest BCUT2D eigenvalue weighted by Crippen LogP contribution is 2.25. The van der Waals surface area contributed by atoms with Gasteiger partial charge in [0, 0.05) is 17.3 Å². The first-order chi connectivity index (χ1) is 9.16. The first kappa shape index (κ1) is 13.9. The van der Waals surface area contributed by atoms with Crippen molar-refractivity contribution >= 4 is 11.6 Å². The quantitative estimate of drug-likeness (QED) is 0.647. The second kappa shape index (κ2) is 6.60. The van der Waals surface area contributed by atoms with Gasteiger partial charge in [-0.3, -0.25) is 4.79 Å². The van der Waals surface area contributed by atoms with Gasteiger partial charge in [0.1, 0.15) is 0 Å². The number of nitrogens with two attached hydrogens (primary N) is 1. The van der Waals surface area contributed by atoms with E-state index in [1.807, 2.05) is 12.1 Å². The van der Waals surface area contributed by atoms with Crippen molar-refractivity contribution in [3.05, 3.63) is 29.8 Å². The predicted molar refractivity (Wildman–Crippen MR) is 79.0 cm³/mol. The summed E-state index contributed by atoms with van der Waals surface area (Å²) in [4.78, 5) is 12.2. The molecule has 1 aromatic rings. The van der Waals surface area contributed by atoms with Crippen molar-refractivity contribution in [1.82, 2.24) is 5.32 Å². The van der Waals surface area contributed by atoms with E-state index in [9.17, 15) is 4.79 Å². The summed E-state index contributed by atoms with van der Waals surface area (Å²) in [5, 5.41) is 3.13. The van der Waals surface area contributed by atoms with E-state index in [0.717, 1.165) is 0 Å². The maximum absolute atomic E-state index is 12.2. The van der Waals surface area contributed by atoms with Crippen LogP contribution in [0.4, 0.5) is 5.69 Å². The van der Waals surface area contributed by atoms with Gasteiger partial charge in [0.2, 0.25) is 0 Å². The number of nitrogen functional groups attached to an aromatic ring is 1. The van der Waals surface area contributed by atoms with E-state index in [0.29, 0.717) is 17.2 Å². The van der Waals surface area contributed by atoms with E-state index >= 15 is 0 Å². The number of carbonyl (C=O) groups excluding carboxylic acids is 1. The molecule has 0 aromatic heterocycles. The molecule has 3 nitrogen and oxygen atoms in total. The Morgan fingerprint density at radius 2 is 1.95 bits per heavy atom. The van der Waals surface area contributed by atoms with Crippen LogP contribution in [-0.2, 0) is 0 Å². The van der Waals surface area contributed by atoms with Crippen LogP contribution in [0, 0.1) is 5.92 Å². The summed E-state index contributed by atoms with van der Waals surface area (Å²) < 4.78 is 0. The Hall–Kier alpha value is -1.51. The molecule has 1 amide bonds. The number of rotatable bonds is 3. The third kappa shape index (κ3) is 3.98. The number of hydrogen-bond acceptors (Lipinski definition) is 2. The van der Waals surface area contributed by atoms with Crippen LogP contribution in [0.25, 0.3) is 0 Å². The molecule has 1 aromatic carbocycles. The Balaban J connectivity index is 1.94. The van der Waals surface area contributed by atoms with Gasteiger partial charge in [-0.15, -0.1) is 0 Å². The van der Waals surface area contributed by atoms with Gasteiger partial charge in [-0.2, -0.15) is 0 Å². The lowest BCUT2D eigenvalue weighted by Crippen LogP contribution is -2.38. The molecule has 0 radical (unpaired) electrons. The van der Waals surface area contributed by atoms with Crippen molar-refractivity contribution < 1.29 is 4.79 Å². The molecule has 2 rings (SSSR count). The molecular weight excluding hydrogens is 236 g/mol. The van der Waals surface area contributed by atoms with Crippen LogP contribution in [-0.4, -0.2) is 11.9 Å². The fourth-order valence-electron chi connectivity index (χ4n) is 2.90.